The molecule has 0 bridgehead atoms. The van der Waals surface area contributed by atoms with Crippen LogP contribution < -0.4 is 9.62 Å². The van der Waals surface area contributed by atoms with Crippen LogP contribution in [0.15, 0.2) is 66.7 Å². The monoisotopic (exact) mass is 646 g/mol. The third-order valence-corrected chi connectivity index (χ3v) is 9.66. The quantitative estimate of drug-likeness (QED) is 0.225. The average Bonchev–Trinajstić information content (AvgIpc) is 2.96. The molecule has 3 aromatic rings. The molecule has 0 unspecified atom stereocenters. The number of hydrogen-bond acceptors (Lipinski definition) is 4. The van der Waals surface area contributed by atoms with E-state index in [1.165, 1.54) is 19.0 Å². The Morgan fingerprint density at radius 3 is 2.19 bits per heavy atom. The maximum absolute atomic E-state index is 14.4. The molecule has 3 aromatic carbocycles. The van der Waals surface area contributed by atoms with Crippen LogP contribution >= 0.6 is 23.2 Å². The van der Waals surface area contributed by atoms with Crippen LogP contribution in [0.25, 0.3) is 0 Å². The van der Waals surface area contributed by atoms with Crippen molar-refractivity contribution in [2.75, 3.05) is 31.5 Å². The first-order valence-electron chi connectivity index (χ1n) is 14.2. The Morgan fingerprint density at radius 2 is 1.58 bits per heavy atom. The van der Waals surface area contributed by atoms with Gasteiger partial charge in [-0.25, -0.2) is 4.31 Å². The summed E-state index contributed by atoms with van der Waals surface area (Å²) in [4.78, 5) is 29.6. The molecule has 0 aliphatic carbocycles. The van der Waals surface area contributed by atoms with Gasteiger partial charge in [0.05, 0.1) is 5.69 Å². The summed E-state index contributed by atoms with van der Waals surface area (Å²) in [5.74, 6) is -0.920. The molecule has 0 fully saturated rings. The number of nitrogens with one attached hydrogen (secondary N) is 1. The number of unbranched alkanes of at least 4 members (excludes halogenated alkanes) is 1. The number of carbonyl (C=O) groups excluding carboxylic acids is 2. The first-order chi connectivity index (χ1) is 20.4. The summed E-state index contributed by atoms with van der Waals surface area (Å²) in [6.45, 7) is 5.47. The van der Waals surface area contributed by atoms with Gasteiger partial charge in [0.15, 0.2) is 0 Å². The summed E-state index contributed by atoms with van der Waals surface area (Å²) >= 11 is 13.1. The molecule has 1 atom stereocenters. The first kappa shape index (κ1) is 34.4. The number of amides is 2. The van der Waals surface area contributed by atoms with Crippen molar-refractivity contribution in [2.24, 2.45) is 0 Å². The van der Waals surface area contributed by atoms with Gasteiger partial charge in [-0.2, -0.15) is 12.7 Å². The molecule has 3 rings (SSSR count). The van der Waals surface area contributed by atoms with Crippen molar-refractivity contribution in [1.29, 1.82) is 0 Å². The highest BCUT2D eigenvalue weighted by molar-refractivity contribution is 7.90. The number of nitrogens with zero attached hydrogens (tertiary/aromatic N) is 3. The van der Waals surface area contributed by atoms with E-state index in [9.17, 15) is 18.0 Å². The van der Waals surface area contributed by atoms with Crippen LogP contribution in [0.4, 0.5) is 5.69 Å². The molecule has 0 aromatic heterocycles. The molecule has 0 heterocycles. The van der Waals surface area contributed by atoms with Crippen LogP contribution in [-0.2, 0) is 32.8 Å². The van der Waals surface area contributed by atoms with E-state index in [0.29, 0.717) is 33.4 Å². The fraction of sp³-hybridized carbons (Fsp3) is 0.375. The predicted molar refractivity (Wildman–Crippen MR) is 175 cm³/mol. The van der Waals surface area contributed by atoms with Crippen molar-refractivity contribution in [3.63, 3.8) is 0 Å². The van der Waals surface area contributed by atoms with Crippen molar-refractivity contribution in [2.45, 2.75) is 52.6 Å². The Hall–Kier alpha value is -3.11. The molecule has 0 spiro atoms. The minimum absolute atomic E-state index is 0.0985. The molecule has 1 N–H and O–H groups in total. The zero-order valence-corrected chi connectivity index (χ0v) is 27.6. The van der Waals surface area contributed by atoms with Gasteiger partial charge in [0.1, 0.15) is 12.6 Å². The molecular weight excluding hydrogens is 607 g/mol. The highest BCUT2D eigenvalue weighted by Gasteiger charge is 2.35. The van der Waals surface area contributed by atoms with Gasteiger partial charge in [-0.1, -0.05) is 85.1 Å². The van der Waals surface area contributed by atoms with Gasteiger partial charge in [0.25, 0.3) is 0 Å². The number of benzene rings is 3. The summed E-state index contributed by atoms with van der Waals surface area (Å²) in [5.41, 5.74) is 3.21. The molecule has 8 nitrogen and oxygen atoms in total. The highest BCUT2D eigenvalue weighted by atomic mass is 35.5. The van der Waals surface area contributed by atoms with E-state index in [-0.39, 0.29) is 18.9 Å². The minimum Gasteiger partial charge on any atom is -0.354 e. The van der Waals surface area contributed by atoms with E-state index < -0.39 is 28.7 Å². The van der Waals surface area contributed by atoms with Crippen LogP contribution in [0.3, 0.4) is 0 Å². The summed E-state index contributed by atoms with van der Waals surface area (Å²) in [6.07, 6.45) is 1.86. The summed E-state index contributed by atoms with van der Waals surface area (Å²) in [5, 5.41) is 3.64. The second kappa shape index (κ2) is 15.6. The number of anilines is 1. The third kappa shape index (κ3) is 8.95. The number of rotatable bonds is 14. The van der Waals surface area contributed by atoms with Crippen LogP contribution in [-0.4, -0.2) is 62.7 Å². The van der Waals surface area contributed by atoms with Gasteiger partial charge in [-0.3, -0.25) is 9.59 Å². The van der Waals surface area contributed by atoms with Gasteiger partial charge in [-0.15, -0.1) is 0 Å². The lowest BCUT2D eigenvalue weighted by molar-refractivity contribution is -0.140. The molecule has 43 heavy (non-hydrogen) atoms. The smallest absolute Gasteiger partial charge is 0.304 e. The molecule has 0 saturated heterocycles. The Kier molecular flexibility index (Phi) is 12.4. The SMILES string of the molecule is CCCCNC(=O)[C@H](Cc1ccccc1)N(Cc1c(Cl)cccc1Cl)C(=O)CN(c1cc(C)ccc1C)S(=O)(=O)N(C)C. The number of hydrogen-bond donors (Lipinski definition) is 1. The highest BCUT2D eigenvalue weighted by Crippen LogP contribution is 2.29. The van der Waals surface area contributed by atoms with Crippen molar-refractivity contribution in [3.8, 4) is 0 Å². The Labute approximate surface area is 265 Å². The van der Waals surface area contributed by atoms with E-state index in [4.69, 9.17) is 23.2 Å². The zero-order chi connectivity index (χ0) is 31.7. The second-order valence-corrected chi connectivity index (χ2v) is 13.5. The molecule has 2 amide bonds. The van der Waals surface area contributed by atoms with Crippen LogP contribution in [0.1, 0.15) is 42.0 Å². The van der Waals surface area contributed by atoms with E-state index in [1.807, 2.05) is 56.3 Å². The first-order valence-corrected chi connectivity index (χ1v) is 16.3. The van der Waals surface area contributed by atoms with Crippen molar-refractivity contribution in [1.82, 2.24) is 14.5 Å². The van der Waals surface area contributed by atoms with Crippen molar-refractivity contribution < 1.29 is 18.0 Å². The van der Waals surface area contributed by atoms with Gasteiger partial charge < -0.3 is 10.2 Å². The molecule has 0 saturated carbocycles. The molecule has 11 heteroatoms. The lowest BCUT2D eigenvalue weighted by Crippen LogP contribution is -2.54. The van der Waals surface area contributed by atoms with Crippen molar-refractivity contribution >= 4 is 50.9 Å². The van der Waals surface area contributed by atoms with Gasteiger partial charge in [0.2, 0.25) is 11.8 Å². The summed E-state index contributed by atoms with van der Waals surface area (Å²) in [6, 6.07) is 18.9. The standard InChI is InChI=1S/C32H40Cl2N4O4S/c1-6-7-18-35-32(40)30(20-25-12-9-8-10-13-25)37(21-26-27(33)14-11-15-28(26)34)31(39)22-38(43(41,42)36(4)5)29-19-23(2)16-17-24(29)3/h8-17,19,30H,6-7,18,20-22H2,1-5H3,(H,35,40)/t30-/m0/s1. The predicted octanol–water partition coefficient (Wildman–Crippen LogP) is 5.78. The molecular formula is C32H40Cl2N4O4S. The van der Waals surface area contributed by atoms with E-state index in [1.54, 1.807) is 31.2 Å². The topological polar surface area (TPSA) is 90.0 Å². The van der Waals surface area contributed by atoms with E-state index in [2.05, 4.69) is 5.32 Å². The Bertz CT molecular complexity index is 1500. The van der Waals surface area contributed by atoms with Gasteiger partial charge in [0, 0.05) is 49.2 Å². The number of aryl methyl sites for hydroxylation is 2. The van der Waals surface area contributed by atoms with E-state index >= 15 is 0 Å². The molecule has 232 valence electrons. The molecule has 0 aliphatic rings. The minimum atomic E-state index is -4.10. The maximum Gasteiger partial charge on any atom is 0.304 e. The van der Waals surface area contributed by atoms with Gasteiger partial charge in [-0.05, 0) is 55.2 Å². The lowest BCUT2D eigenvalue weighted by Gasteiger charge is -2.35. The maximum atomic E-state index is 14.4. The Morgan fingerprint density at radius 1 is 0.930 bits per heavy atom. The van der Waals surface area contributed by atoms with Gasteiger partial charge >= 0.3 is 10.2 Å². The largest absolute Gasteiger partial charge is 0.354 e. The average molecular weight is 648 g/mol. The van der Waals surface area contributed by atoms with Crippen molar-refractivity contribution in [3.05, 3.63) is 99.0 Å². The van der Waals surface area contributed by atoms with Crippen LogP contribution in [0.5, 0.6) is 0 Å². The zero-order valence-electron chi connectivity index (χ0n) is 25.3. The number of carbonyl (C=O) groups is 2. The summed E-state index contributed by atoms with van der Waals surface area (Å²) < 4.78 is 29.5. The second-order valence-electron chi connectivity index (χ2n) is 10.7. The number of halogens is 2. The van der Waals surface area contributed by atoms with Crippen LogP contribution in [0, 0.1) is 13.8 Å². The van der Waals surface area contributed by atoms with E-state index in [0.717, 1.165) is 32.6 Å². The Balaban J connectivity index is 2.15. The summed E-state index contributed by atoms with van der Waals surface area (Å²) in [7, 11) is -1.27. The normalized spacial score (nSPS) is 12.2. The molecule has 0 radical (unpaired) electrons. The fourth-order valence-electron chi connectivity index (χ4n) is 4.60. The third-order valence-electron chi connectivity index (χ3n) is 7.14. The fourth-order valence-corrected chi connectivity index (χ4v) is 6.23. The molecule has 0 aliphatic heterocycles. The lowest BCUT2D eigenvalue weighted by atomic mass is 10.0. The van der Waals surface area contributed by atoms with Crippen LogP contribution in [0.2, 0.25) is 10.0 Å².